The number of halogens is 1. The van der Waals surface area contributed by atoms with E-state index in [1.165, 1.54) is 37.8 Å². The Bertz CT molecular complexity index is 1030. The molecule has 1 atom stereocenters. The molecule has 0 spiro atoms. The average Bonchev–Trinajstić information content (AvgIpc) is 2.87. The highest BCUT2D eigenvalue weighted by molar-refractivity contribution is 5.97. The lowest BCUT2D eigenvalue weighted by molar-refractivity contribution is 0.0280. The lowest BCUT2D eigenvalue weighted by Gasteiger charge is -2.29. The first kappa shape index (κ1) is 27.9. The van der Waals surface area contributed by atoms with E-state index in [1.807, 2.05) is 19.1 Å². The molecule has 1 N–H and O–H groups in total. The van der Waals surface area contributed by atoms with Gasteiger partial charge in [0, 0.05) is 0 Å². The van der Waals surface area contributed by atoms with E-state index in [2.05, 4.69) is 20.8 Å². The molecule has 1 aliphatic carbocycles. The van der Waals surface area contributed by atoms with Gasteiger partial charge < -0.3 is 9.84 Å². The molecule has 196 valence electrons. The van der Waals surface area contributed by atoms with Crippen LogP contribution in [0.4, 0.5) is 4.39 Å². The summed E-state index contributed by atoms with van der Waals surface area (Å²) in [5, 5.41) is 9.78. The number of esters is 1. The summed E-state index contributed by atoms with van der Waals surface area (Å²) in [5.41, 5.74) is 2.04. The molecule has 5 heteroatoms. The molecule has 0 aromatic heterocycles. The number of benzene rings is 2. The van der Waals surface area contributed by atoms with Crippen molar-refractivity contribution in [2.75, 3.05) is 0 Å². The van der Waals surface area contributed by atoms with E-state index in [9.17, 15) is 14.7 Å². The van der Waals surface area contributed by atoms with Crippen LogP contribution in [0.5, 0.6) is 0 Å². The van der Waals surface area contributed by atoms with E-state index in [0.29, 0.717) is 23.0 Å². The Hall–Kier alpha value is -2.69. The minimum absolute atomic E-state index is 0.127. The van der Waals surface area contributed by atoms with Crippen LogP contribution in [0.1, 0.15) is 118 Å². The average molecular weight is 497 g/mol. The second kappa shape index (κ2) is 13.0. The van der Waals surface area contributed by atoms with Gasteiger partial charge in [-0.2, -0.15) is 0 Å². The monoisotopic (exact) mass is 496 g/mol. The molecule has 1 aliphatic rings. The van der Waals surface area contributed by atoms with Crippen LogP contribution in [-0.2, 0) is 4.74 Å². The number of carbonyl (C=O) groups is 2. The second-order valence-electron chi connectivity index (χ2n) is 10.4. The highest BCUT2D eigenvalue weighted by Crippen LogP contribution is 2.39. The topological polar surface area (TPSA) is 63.6 Å². The van der Waals surface area contributed by atoms with Crippen LogP contribution in [0, 0.1) is 17.7 Å². The van der Waals surface area contributed by atoms with Crippen LogP contribution < -0.4 is 0 Å². The summed E-state index contributed by atoms with van der Waals surface area (Å²) in [6, 6.07) is 9.72. The fraction of sp³-hybridized carbons (Fsp3) is 0.548. The van der Waals surface area contributed by atoms with Gasteiger partial charge >= 0.3 is 11.9 Å². The minimum Gasteiger partial charge on any atom is -0.478 e. The van der Waals surface area contributed by atoms with Crippen LogP contribution in [0.25, 0.3) is 11.1 Å². The van der Waals surface area contributed by atoms with Crippen molar-refractivity contribution in [1.29, 1.82) is 0 Å². The standard InChI is InChI=1S/C31H41FO4/c1-5-8-22-9-11-23(12-10-22)24-13-15-26(30(33)34)28(18-24)25-14-16-27(29(32)19-25)31(35)36-20(4)17-21(6-2)7-3/h13-16,18-23H,5-12,17H2,1-4H3,(H,33,34)/t20-,22-,23-/m1/s1. The lowest BCUT2D eigenvalue weighted by Crippen LogP contribution is -2.19. The van der Waals surface area contributed by atoms with Crippen molar-refractivity contribution in [3.8, 4) is 11.1 Å². The van der Waals surface area contributed by atoms with Crippen LogP contribution in [-0.4, -0.2) is 23.1 Å². The number of rotatable bonds is 11. The normalized spacial score (nSPS) is 18.7. The molecule has 0 radical (unpaired) electrons. The second-order valence-corrected chi connectivity index (χ2v) is 10.4. The van der Waals surface area contributed by atoms with E-state index in [4.69, 9.17) is 4.74 Å². The number of hydrogen-bond acceptors (Lipinski definition) is 3. The molecule has 2 aromatic rings. The van der Waals surface area contributed by atoms with Crippen molar-refractivity contribution in [2.45, 2.75) is 97.5 Å². The molecular weight excluding hydrogens is 455 g/mol. The van der Waals surface area contributed by atoms with Gasteiger partial charge in [0.2, 0.25) is 0 Å². The zero-order valence-corrected chi connectivity index (χ0v) is 22.2. The number of carboxylic acids is 1. The van der Waals surface area contributed by atoms with Gasteiger partial charge in [-0.15, -0.1) is 0 Å². The van der Waals surface area contributed by atoms with Gasteiger partial charge in [0.25, 0.3) is 0 Å². The maximum absolute atomic E-state index is 15.1. The smallest absolute Gasteiger partial charge is 0.341 e. The zero-order chi connectivity index (χ0) is 26.2. The largest absolute Gasteiger partial charge is 0.478 e. The summed E-state index contributed by atoms with van der Waals surface area (Å²) in [5.74, 6) is -0.813. The predicted octanol–water partition coefficient (Wildman–Crippen LogP) is 8.64. The van der Waals surface area contributed by atoms with Gasteiger partial charge in [0.15, 0.2) is 0 Å². The van der Waals surface area contributed by atoms with Crippen molar-refractivity contribution in [3.63, 3.8) is 0 Å². The molecule has 0 bridgehead atoms. The van der Waals surface area contributed by atoms with Gasteiger partial charge in [-0.05, 0) is 91.7 Å². The summed E-state index contributed by atoms with van der Waals surface area (Å²) < 4.78 is 20.6. The summed E-state index contributed by atoms with van der Waals surface area (Å²) in [4.78, 5) is 24.6. The summed E-state index contributed by atoms with van der Waals surface area (Å²) in [6.45, 7) is 8.28. The summed E-state index contributed by atoms with van der Waals surface area (Å²) >= 11 is 0. The highest BCUT2D eigenvalue weighted by Gasteiger charge is 2.24. The Morgan fingerprint density at radius 3 is 2.25 bits per heavy atom. The summed E-state index contributed by atoms with van der Waals surface area (Å²) in [7, 11) is 0. The Morgan fingerprint density at radius 2 is 1.67 bits per heavy atom. The number of ether oxygens (including phenoxy) is 1. The molecule has 0 aliphatic heterocycles. The summed E-state index contributed by atoms with van der Waals surface area (Å²) in [6.07, 6.45) is 9.48. The van der Waals surface area contributed by atoms with E-state index in [0.717, 1.165) is 43.6 Å². The first-order valence-electron chi connectivity index (χ1n) is 13.6. The number of hydrogen-bond donors (Lipinski definition) is 1. The van der Waals surface area contributed by atoms with Crippen molar-refractivity contribution in [3.05, 3.63) is 58.9 Å². The third-order valence-corrected chi connectivity index (χ3v) is 7.92. The molecule has 36 heavy (non-hydrogen) atoms. The van der Waals surface area contributed by atoms with E-state index in [1.54, 1.807) is 12.1 Å². The van der Waals surface area contributed by atoms with Crippen molar-refractivity contribution < 1.29 is 23.8 Å². The Morgan fingerprint density at radius 1 is 1.00 bits per heavy atom. The van der Waals surface area contributed by atoms with Crippen molar-refractivity contribution in [1.82, 2.24) is 0 Å². The van der Waals surface area contributed by atoms with Crippen molar-refractivity contribution >= 4 is 11.9 Å². The van der Waals surface area contributed by atoms with Crippen LogP contribution >= 0.6 is 0 Å². The van der Waals surface area contributed by atoms with Gasteiger partial charge in [0.1, 0.15) is 5.82 Å². The molecule has 1 saturated carbocycles. The van der Waals surface area contributed by atoms with E-state index >= 15 is 4.39 Å². The molecule has 2 aromatic carbocycles. The fourth-order valence-electron chi connectivity index (χ4n) is 5.67. The SMILES string of the molecule is CCC[C@H]1CC[C@H](c2ccc(C(=O)O)c(-c3ccc(C(=O)O[C@H](C)CC(CC)CC)c(F)c3)c2)CC1. The highest BCUT2D eigenvalue weighted by atomic mass is 19.1. The Kier molecular flexibility index (Phi) is 10.1. The third-order valence-electron chi connectivity index (χ3n) is 7.92. The number of carboxylic acid groups (broad SMARTS) is 1. The van der Waals surface area contributed by atoms with Gasteiger partial charge in [-0.3, -0.25) is 0 Å². The van der Waals surface area contributed by atoms with E-state index < -0.39 is 17.8 Å². The molecule has 0 heterocycles. The maximum Gasteiger partial charge on any atom is 0.341 e. The lowest BCUT2D eigenvalue weighted by atomic mass is 9.76. The zero-order valence-electron chi connectivity index (χ0n) is 22.2. The number of aromatic carboxylic acids is 1. The first-order chi connectivity index (χ1) is 17.3. The molecule has 3 rings (SSSR count). The molecule has 0 unspecified atom stereocenters. The third kappa shape index (κ3) is 6.96. The quantitative estimate of drug-likeness (QED) is 0.316. The molecule has 1 fully saturated rings. The van der Waals surface area contributed by atoms with Gasteiger partial charge in [0.05, 0.1) is 17.2 Å². The maximum atomic E-state index is 15.1. The first-order valence-corrected chi connectivity index (χ1v) is 13.6. The van der Waals surface area contributed by atoms with Crippen LogP contribution in [0.3, 0.4) is 0 Å². The molecule has 0 saturated heterocycles. The van der Waals surface area contributed by atoms with Gasteiger partial charge in [-0.25, -0.2) is 14.0 Å². The Labute approximate surface area is 215 Å². The van der Waals surface area contributed by atoms with Crippen molar-refractivity contribution in [2.24, 2.45) is 11.8 Å². The minimum atomic E-state index is -1.05. The van der Waals surface area contributed by atoms with E-state index in [-0.39, 0.29) is 17.2 Å². The molecule has 4 nitrogen and oxygen atoms in total. The molecule has 0 amide bonds. The number of carbonyl (C=O) groups excluding carboxylic acids is 1. The van der Waals surface area contributed by atoms with Gasteiger partial charge in [-0.1, -0.05) is 64.7 Å². The predicted molar refractivity (Wildman–Crippen MR) is 142 cm³/mol. The van der Waals surface area contributed by atoms with Crippen LogP contribution in [0.15, 0.2) is 36.4 Å². The Balaban J connectivity index is 1.81. The molecular formula is C31H41FO4. The van der Waals surface area contributed by atoms with Crippen LogP contribution in [0.2, 0.25) is 0 Å². The fourth-order valence-corrected chi connectivity index (χ4v) is 5.67.